The van der Waals surface area contributed by atoms with Crippen LogP contribution in [0.4, 0.5) is 11.4 Å². The van der Waals surface area contributed by atoms with Crippen molar-refractivity contribution in [1.82, 2.24) is 28.2 Å². The standard InChI is InChI=1S/C26H29ClN4O4S2.C20H24Cl2N4O4S/c27-20-7-6-8-21(17-20)31-26(32)25(35-22-9-4-5-10-22)24(18-28-31)29-13-15-30(16-14-29)37(33,34)19-36-23-11-2-1-3-12-23;21-14-31(28,29)25-10-8-24(9-11-25)18-13-23-26(16-5-3-4-15(22)12-16)20(27)19(18)30-17-6-1-2-7-17/h1-3,6-8,11-12,17-18,22H,4-5,9-10,13-16,19H2;3-5,12-13,17H,1-2,6-11,14H2. The highest BCUT2D eigenvalue weighted by molar-refractivity contribution is 8.11. The van der Waals surface area contributed by atoms with E-state index in [1.54, 1.807) is 60.9 Å². The lowest BCUT2D eigenvalue weighted by Crippen LogP contribution is -2.49. The van der Waals surface area contributed by atoms with Gasteiger partial charge in [0.05, 0.1) is 36.0 Å². The van der Waals surface area contributed by atoms with Crippen molar-refractivity contribution < 1.29 is 26.3 Å². The Balaban J connectivity index is 0.000000187. The average molecular weight is 1050 g/mol. The lowest BCUT2D eigenvalue weighted by atomic mass is 10.2. The second kappa shape index (κ2) is 22.6. The third-order valence-electron chi connectivity index (χ3n) is 12.3. The molecule has 2 saturated heterocycles. The van der Waals surface area contributed by atoms with Crippen molar-refractivity contribution in [2.24, 2.45) is 0 Å². The van der Waals surface area contributed by atoms with Crippen molar-refractivity contribution in [3.63, 3.8) is 0 Å². The third kappa shape index (κ3) is 12.1. The number of hydrogen-bond acceptors (Lipinski definition) is 13. The van der Waals surface area contributed by atoms with Gasteiger partial charge in [-0.1, -0.05) is 53.5 Å². The van der Waals surface area contributed by atoms with Crippen LogP contribution in [0, 0.1) is 0 Å². The Morgan fingerprint density at radius 2 is 1.00 bits per heavy atom. The molecule has 364 valence electrons. The van der Waals surface area contributed by atoms with Gasteiger partial charge in [-0.25, -0.2) is 16.8 Å². The number of halogens is 3. The van der Waals surface area contributed by atoms with Crippen molar-refractivity contribution in [2.45, 2.75) is 68.5 Å². The van der Waals surface area contributed by atoms with E-state index < -0.39 is 25.3 Å². The molecule has 16 nitrogen and oxygen atoms in total. The van der Waals surface area contributed by atoms with Gasteiger partial charge in [-0.2, -0.15) is 28.2 Å². The first-order chi connectivity index (χ1) is 32.8. The minimum Gasteiger partial charge on any atom is -0.483 e. The molecule has 2 aromatic heterocycles. The Morgan fingerprint density at radius 1 is 0.574 bits per heavy atom. The highest BCUT2D eigenvalue weighted by Gasteiger charge is 2.32. The van der Waals surface area contributed by atoms with Crippen molar-refractivity contribution in [3.05, 3.63) is 122 Å². The molecule has 68 heavy (non-hydrogen) atoms. The quantitative estimate of drug-likeness (QED) is 0.0806. The summed E-state index contributed by atoms with van der Waals surface area (Å²) < 4.78 is 68.0. The lowest BCUT2D eigenvalue weighted by molar-refractivity contribution is 0.205. The summed E-state index contributed by atoms with van der Waals surface area (Å²) in [6.45, 7) is 2.95. The zero-order valence-corrected chi connectivity index (χ0v) is 42.0. The van der Waals surface area contributed by atoms with Gasteiger partial charge in [0.15, 0.2) is 0 Å². The van der Waals surface area contributed by atoms with Gasteiger partial charge in [-0.3, -0.25) is 9.59 Å². The van der Waals surface area contributed by atoms with Gasteiger partial charge in [-0.05, 0) is 99.9 Å². The molecule has 4 fully saturated rings. The number of alkyl halides is 1. The molecule has 0 amide bonds. The maximum atomic E-state index is 13.6. The van der Waals surface area contributed by atoms with Crippen LogP contribution < -0.4 is 30.4 Å². The van der Waals surface area contributed by atoms with Crippen LogP contribution in [0.15, 0.2) is 106 Å². The van der Waals surface area contributed by atoms with Crippen LogP contribution in [0.5, 0.6) is 11.5 Å². The van der Waals surface area contributed by atoms with Crippen LogP contribution in [0.1, 0.15) is 51.4 Å². The average Bonchev–Trinajstić information content (AvgIpc) is 4.08. The first-order valence-electron chi connectivity index (χ1n) is 22.6. The van der Waals surface area contributed by atoms with Gasteiger partial charge in [0.2, 0.25) is 31.5 Å². The zero-order valence-electron chi connectivity index (χ0n) is 37.2. The van der Waals surface area contributed by atoms with Crippen LogP contribution in [0.25, 0.3) is 11.4 Å². The number of nitrogens with zero attached hydrogens (tertiary/aromatic N) is 8. The van der Waals surface area contributed by atoms with E-state index in [1.807, 2.05) is 40.1 Å². The summed E-state index contributed by atoms with van der Waals surface area (Å²) >= 11 is 19.1. The third-order valence-corrected chi connectivity index (χ3v) is 18.5. The molecule has 2 aliphatic carbocycles. The fourth-order valence-corrected chi connectivity index (χ4v) is 13.1. The predicted octanol–water partition coefficient (Wildman–Crippen LogP) is 7.26. The lowest BCUT2D eigenvalue weighted by Gasteiger charge is -2.35. The van der Waals surface area contributed by atoms with Crippen LogP contribution in [0.3, 0.4) is 0 Å². The van der Waals surface area contributed by atoms with Gasteiger partial charge in [-0.15, -0.1) is 23.4 Å². The van der Waals surface area contributed by atoms with E-state index >= 15 is 0 Å². The molecule has 5 aromatic rings. The number of benzene rings is 3. The van der Waals surface area contributed by atoms with Crippen LogP contribution in [-0.4, -0.2) is 120 Å². The molecular formula is C46H53Cl3N8O8S3. The fourth-order valence-electron chi connectivity index (χ4n) is 8.68. The second-order valence-electron chi connectivity index (χ2n) is 16.8. The van der Waals surface area contributed by atoms with E-state index in [0.717, 1.165) is 56.3 Å². The minimum absolute atomic E-state index is 0.00963. The number of thioether (sulfide) groups is 1. The van der Waals surface area contributed by atoms with Crippen molar-refractivity contribution >= 4 is 78.0 Å². The van der Waals surface area contributed by atoms with E-state index in [2.05, 4.69) is 10.2 Å². The van der Waals surface area contributed by atoms with Gasteiger partial charge >= 0.3 is 11.1 Å². The highest BCUT2D eigenvalue weighted by atomic mass is 35.5. The van der Waals surface area contributed by atoms with Crippen LogP contribution in [0.2, 0.25) is 10.0 Å². The molecule has 0 radical (unpaired) electrons. The summed E-state index contributed by atoms with van der Waals surface area (Å²) in [5, 5.41) is 9.34. The molecule has 2 saturated carbocycles. The normalized spacial score (nSPS) is 17.8. The first kappa shape index (κ1) is 50.1. The summed E-state index contributed by atoms with van der Waals surface area (Å²) in [4.78, 5) is 31.8. The predicted molar refractivity (Wildman–Crippen MR) is 269 cm³/mol. The van der Waals surface area contributed by atoms with Gasteiger partial charge in [0, 0.05) is 67.3 Å². The minimum atomic E-state index is -3.46. The number of ether oxygens (including phenoxy) is 2. The number of anilines is 2. The molecule has 0 bridgehead atoms. The van der Waals surface area contributed by atoms with E-state index in [9.17, 15) is 26.4 Å². The summed E-state index contributed by atoms with van der Waals surface area (Å²) in [6, 6.07) is 23.4. The monoisotopic (exact) mass is 1050 g/mol. The highest BCUT2D eigenvalue weighted by Crippen LogP contribution is 2.33. The molecule has 0 atom stereocenters. The summed E-state index contributed by atoms with van der Waals surface area (Å²) in [5.74, 6) is 0.508. The Bertz CT molecular complexity index is 2870. The van der Waals surface area contributed by atoms with E-state index in [4.69, 9.17) is 44.3 Å². The molecule has 0 spiro atoms. The molecule has 0 N–H and O–H groups in total. The van der Waals surface area contributed by atoms with Gasteiger partial charge in [0.1, 0.15) is 21.7 Å². The Morgan fingerprint density at radius 3 is 1.41 bits per heavy atom. The van der Waals surface area contributed by atoms with Gasteiger partial charge in [0.25, 0.3) is 0 Å². The van der Waals surface area contributed by atoms with E-state index in [-0.39, 0.29) is 53.0 Å². The number of hydrogen-bond donors (Lipinski definition) is 0. The Labute approximate surface area is 415 Å². The zero-order chi connectivity index (χ0) is 47.8. The first-order valence-corrected chi connectivity index (χ1v) is 28.1. The molecule has 4 heterocycles. The number of sulfonamides is 2. The molecule has 9 rings (SSSR count). The molecule has 3 aromatic carbocycles. The number of aromatic nitrogens is 4. The second-order valence-corrected chi connectivity index (χ2v) is 23.6. The fraction of sp³-hybridized carbons (Fsp3) is 0.435. The molecule has 2 aliphatic heterocycles. The van der Waals surface area contributed by atoms with Crippen LogP contribution in [-0.2, 0) is 20.0 Å². The summed E-state index contributed by atoms with van der Waals surface area (Å²) in [6.07, 6.45) is 11.1. The molecule has 22 heteroatoms. The van der Waals surface area contributed by atoms with Crippen LogP contribution >= 0.6 is 46.6 Å². The smallest absolute Gasteiger partial charge is 0.316 e. The van der Waals surface area contributed by atoms with E-state index in [0.29, 0.717) is 72.1 Å². The number of piperazine rings is 2. The van der Waals surface area contributed by atoms with Crippen molar-refractivity contribution in [3.8, 4) is 22.9 Å². The maximum Gasteiger partial charge on any atom is 0.316 e. The number of rotatable bonds is 14. The van der Waals surface area contributed by atoms with E-state index in [1.165, 1.54) is 29.7 Å². The Kier molecular flexibility index (Phi) is 16.6. The molecule has 4 aliphatic rings. The topological polar surface area (TPSA) is 169 Å². The summed E-state index contributed by atoms with van der Waals surface area (Å²) in [7, 11) is -6.89. The Hall–Kier alpha value is -4.34. The van der Waals surface area contributed by atoms with Crippen molar-refractivity contribution in [1.29, 1.82) is 0 Å². The van der Waals surface area contributed by atoms with Gasteiger partial charge < -0.3 is 19.3 Å². The maximum absolute atomic E-state index is 13.6. The molecular weight excluding hydrogens is 995 g/mol. The SMILES string of the molecule is O=c1c(OC2CCCC2)c(N2CCN(S(=O)(=O)CCl)CC2)cnn1-c1cccc(Cl)c1.O=c1c(OC2CCCC2)c(N2CCN(S(=O)(=O)CSc3ccccc3)CC2)cnn1-c1cccc(Cl)c1. The summed E-state index contributed by atoms with van der Waals surface area (Å²) in [5.41, 5.74) is 1.60. The van der Waals surface area contributed by atoms with Crippen molar-refractivity contribution in [2.75, 3.05) is 72.5 Å². The largest absolute Gasteiger partial charge is 0.483 e. The molecule has 0 unspecified atom stereocenters.